The van der Waals surface area contributed by atoms with Gasteiger partial charge in [-0.2, -0.15) is 0 Å². The van der Waals surface area contributed by atoms with Crippen LogP contribution in [0.15, 0.2) is 53.0 Å². The quantitative estimate of drug-likeness (QED) is 0.562. The fourth-order valence-corrected chi connectivity index (χ4v) is 4.35. The number of aryl methyl sites for hydroxylation is 1. The number of halogens is 1. The van der Waals surface area contributed by atoms with E-state index >= 15 is 0 Å². The van der Waals surface area contributed by atoms with Gasteiger partial charge < -0.3 is 10.2 Å². The molecule has 0 spiro atoms. The van der Waals surface area contributed by atoms with Crippen molar-refractivity contribution >= 4 is 43.5 Å². The van der Waals surface area contributed by atoms with Crippen molar-refractivity contribution in [2.45, 2.75) is 32.9 Å². The summed E-state index contributed by atoms with van der Waals surface area (Å²) in [6.45, 7) is 3.46. The number of sulfonamides is 1. The summed E-state index contributed by atoms with van der Waals surface area (Å²) < 4.78 is 27.0. The second-order valence-electron chi connectivity index (χ2n) is 7.25. The number of carbonyl (C=O) groups excluding carboxylic acids is 2. The van der Waals surface area contributed by atoms with Crippen LogP contribution in [0.1, 0.15) is 24.5 Å². The maximum atomic E-state index is 13.4. The predicted molar refractivity (Wildman–Crippen MR) is 126 cm³/mol. The second-order valence-corrected chi connectivity index (χ2v) is 10.0. The average molecular weight is 510 g/mol. The van der Waals surface area contributed by atoms with E-state index in [1.54, 1.807) is 18.2 Å². The molecule has 0 aliphatic heterocycles. The van der Waals surface area contributed by atoms with E-state index in [1.165, 1.54) is 11.9 Å². The molecule has 0 unspecified atom stereocenters. The second kappa shape index (κ2) is 10.8. The Hall–Kier alpha value is -2.39. The summed E-state index contributed by atoms with van der Waals surface area (Å²) in [5, 5.41) is 2.60. The normalized spacial score (nSPS) is 12.2. The van der Waals surface area contributed by atoms with Gasteiger partial charge in [0, 0.05) is 18.1 Å². The van der Waals surface area contributed by atoms with Crippen LogP contribution in [0.4, 0.5) is 5.69 Å². The molecule has 0 saturated heterocycles. The molecule has 31 heavy (non-hydrogen) atoms. The van der Waals surface area contributed by atoms with Gasteiger partial charge in [-0.05, 0) is 42.7 Å². The first-order chi connectivity index (χ1) is 14.6. The number of nitrogens with zero attached hydrogens (tertiary/aromatic N) is 2. The van der Waals surface area contributed by atoms with E-state index < -0.39 is 28.5 Å². The highest BCUT2D eigenvalue weighted by Crippen LogP contribution is 2.25. The summed E-state index contributed by atoms with van der Waals surface area (Å²) in [4.78, 5) is 27.3. The Kier molecular flexibility index (Phi) is 8.64. The average Bonchev–Trinajstić information content (AvgIpc) is 2.73. The van der Waals surface area contributed by atoms with E-state index in [9.17, 15) is 18.0 Å². The van der Waals surface area contributed by atoms with E-state index in [1.807, 2.05) is 44.2 Å². The van der Waals surface area contributed by atoms with Gasteiger partial charge in [-0.1, -0.05) is 53.2 Å². The van der Waals surface area contributed by atoms with Crippen molar-refractivity contribution in [3.05, 3.63) is 64.1 Å². The third-order valence-corrected chi connectivity index (χ3v) is 6.97. The molecule has 0 saturated carbocycles. The molecule has 0 heterocycles. The van der Waals surface area contributed by atoms with Crippen LogP contribution < -0.4 is 9.62 Å². The van der Waals surface area contributed by atoms with Crippen LogP contribution in [0.3, 0.4) is 0 Å². The molecule has 0 radical (unpaired) electrons. The summed E-state index contributed by atoms with van der Waals surface area (Å²) in [6.07, 6.45) is 1.46. The zero-order valence-corrected chi connectivity index (χ0v) is 20.5. The number of hydrogen-bond donors (Lipinski definition) is 1. The molecule has 0 aromatic heterocycles. The fraction of sp³-hybridized carbons (Fsp3) is 0.364. The summed E-state index contributed by atoms with van der Waals surface area (Å²) >= 11 is 3.40. The minimum atomic E-state index is -3.74. The van der Waals surface area contributed by atoms with Crippen LogP contribution in [0.2, 0.25) is 0 Å². The maximum absolute atomic E-state index is 13.4. The molecule has 0 bridgehead atoms. The Bertz CT molecular complexity index is 1030. The van der Waals surface area contributed by atoms with E-state index in [2.05, 4.69) is 21.2 Å². The fourth-order valence-electron chi connectivity index (χ4n) is 3.26. The Balaban J connectivity index is 2.42. The zero-order chi connectivity index (χ0) is 23.2. The van der Waals surface area contributed by atoms with Gasteiger partial charge >= 0.3 is 0 Å². The number of rotatable bonds is 9. The zero-order valence-electron chi connectivity index (χ0n) is 18.1. The molecule has 1 N–H and O–H groups in total. The number of anilines is 1. The van der Waals surface area contributed by atoms with E-state index in [4.69, 9.17) is 0 Å². The number of benzene rings is 2. The lowest BCUT2D eigenvalue weighted by Crippen LogP contribution is -2.51. The maximum Gasteiger partial charge on any atom is 0.244 e. The van der Waals surface area contributed by atoms with Crippen molar-refractivity contribution in [1.29, 1.82) is 0 Å². The van der Waals surface area contributed by atoms with Crippen LogP contribution in [-0.4, -0.2) is 51.0 Å². The molecule has 0 aliphatic carbocycles. The summed E-state index contributed by atoms with van der Waals surface area (Å²) in [5.74, 6) is -0.748. The van der Waals surface area contributed by atoms with Gasteiger partial charge in [-0.3, -0.25) is 13.9 Å². The molecule has 2 aromatic carbocycles. The molecule has 0 aliphatic rings. The molecule has 1 atom stereocenters. The van der Waals surface area contributed by atoms with Gasteiger partial charge in [-0.25, -0.2) is 8.42 Å². The van der Waals surface area contributed by atoms with E-state index in [0.717, 1.165) is 26.2 Å². The largest absolute Gasteiger partial charge is 0.357 e. The molecule has 7 nitrogen and oxygen atoms in total. The highest BCUT2D eigenvalue weighted by Gasteiger charge is 2.31. The van der Waals surface area contributed by atoms with Gasteiger partial charge in [0.2, 0.25) is 21.8 Å². The van der Waals surface area contributed by atoms with E-state index in [-0.39, 0.29) is 12.5 Å². The number of carbonyl (C=O) groups is 2. The van der Waals surface area contributed by atoms with Gasteiger partial charge in [0.1, 0.15) is 12.6 Å². The molecule has 168 valence electrons. The molecule has 2 amide bonds. The van der Waals surface area contributed by atoms with Crippen LogP contribution in [0, 0.1) is 6.92 Å². The van der Waals surface area contributed by atoms with Crippen molar-refractivity contribution in [3.8, 4) is 0 Å². The highest BCUT2D eigenvalue weighted by atomic mass is 79.9. The Morgan fingerprint density at radius 1 is 1.13 bits per heavy atom. The molecule has 2 rings (SSSR count). The summed E-state index contributed by atoms with van der Waals surface area (Å²) in [5.41, 5.74) is 2.09. The third-order valence-electron chi connectivity index (χ3n) is 4.94. The molecule has 2 aromatic rings. The lowest BCUT2D eigenvalue weighted by atomic mass is 10.1. The van der Waals surface area contributed by atoms with Gasteiger partial charge in [-0.15, -0.1) is 0 Å². The van der Waals surface area contributed by atoms with Crippen molar-refractivity contribution in [2.75, 3.05) is 24.2 Å². The van der Waals surface area contributed by atoms with Crippen molar-refractivity contribution in [1.82, 2.24) is 10.2 Å². The molecule has 0 fully saturated rings. The first-order valence-electron chi connectivity index (χ1n) is 9.87. The van der Waals surface area contributed by atoms with Crippen LogP contribution >= 0.6 is 15.9 Å². The van der Waals surface area contributed by atoms with Crippen LogP contribution in [-0.2, 0) is 26.2 Å². The van der Waals surface area contributed by atoms with Crippen molar-refractivity contribution in [3.63, 3.8) is 0 Å². The lowest BCUT2D eigenvalue weighted by Gasteiger charge is -2.32. The number of hydrogen-bond acceptors (Lipinski definition) is 4. The van der Waals surface area contributed by atoms with Gasteiger partial charge in [0.05, 0.1) is 11.9 Å². The SMILES string of the molecule is CC[C@H](C(=O)NC)N(Cc1ccccc1)C(=O)CN(c1ccc(Br)c(C)c1)S(C)(=O)=O. The van der Waals surface area contributed by atoms with E-state index in [0.29, 0.717) is 12.1 Å². The lowest BCUT2D eigenvalue weighted by molar-refractivity contribution is -0.140. The molecular formula is C22H28BrN3O4S. The summed E-state index contributed by atoms with van der Waals surface area (Å²) in [6, 6.07) is 13.7. The van der Waals surface area contributed by atoms with Crippen LogP contribution in [0.25, 0.3) is 0 Å². The number of amides is 2. The topological polar surface area (TPSA) is 86.8 Å². The van der Waals surface area contributed by atoms with Crippen molar-refractivity contribution < 1.29 is 18.0 Å². The van der Waals surface area contributed by atoms with Gasteiger partial charge in [0.15, 0.2) is 0 Å². The first kappa shape index (κ1) is 24.9. The first-order valence-corrected chi connectivity index (χ1v) is 12.5. The minimum Gasteiger partial charge on any atom is -0.357 e. The Morgan fingerprint density at radius 2 is 1.77 bits per heavy atom. The Morgan fingerprint density at radius 3 is 2.29 bits per heavy atom. The molecular weight excluding hydrogens is 482 g/mol. The predicted octanol–water partition coefficient (Wildman–Crippen LogP) is 3.08. The number of nitrogens with one attached hydrogen (secondary N) is 1. The van der Waals surface area contributed by atoms with Crippen molar-refractivity contribution in [2.24, 2.45) is 0 Å². The summed E-state index contributed by atoms with van der Waals surface area (Å²) in [7, 11) is -2.22. The minimum absolute atomic E-state index is 0.197. The third kappa shape index (κ3) is 6.54. The number of likely N-dealkylation sites (N-methyl/N-ethyl adjacent to an activating group) is 1. The van der Waals surface area contributed by atoms with Crippen LogP contribution in [0.5, 0.6) is 0 Å². The smallest absolute Gasteiger partial charge is 0.244 e. The Labute approximate surface area is 192 Å². The molecule has 9 heteroatoms. The highest BCUT2D eigenvalue weighted by molar-refractivity contribution is 9.10. The van der Waals surface area contributed by atoms with Gasteiger partial charge in [0.25, 0.3) is 0 Å². The monoisotopic (exact) mass is 509 g/mol. The standard InChI is InChI=1S/C22H28BrN3O4S/c1-5-20(22(28)24-3)25(14-17-9-7-6-8-10-17)21(27)15-26(31(4,29)30)18-11-12-19(23)16(2)13-18/h6-13,20H,5,14-15H2,1-4H3,(H,24,28)/t20-/m1/s1.